The fraction of sp³-hybridized carbons (Fsp3) is 0.333. The SMILES string of the molecule is COC(=O)C1=C(N)OC2=C(C(=O)CCC2)[C@H]1c1ccc(OC)c(Cl)c1. The van der Waals surface area contributed by atoms with E-state index in [1.165, 1.54) is 14.2 Å². The average Bonchev–Trinajstić information content (AvgIpc) is 2.60. The van der Waals surface area contributed by atoms with Gasteiger partial charge in [0.05, 0.1) is 25.2 Å². The molecule has 1 heterocycles. The van der Waals surface area contributed by atoms with Gasteiger partial charge in [-0.3, -0.25) is 4.79 Å². The summed E-state index contributed by atoms with van der Waals surface area (Å²) in [7, 11) is 2.77. The molecule has 6 nitrogen and oxygen atoms in total. The number of nitrogens with two attached hydrogens (primary N) is 1. The number of carbonyl (C=O) groups excluding carboxylic acids is 2. The molecule has 0 fully saturated rings. The number of esters is 1. The van der Waals surface area contributed by atoms with Crippen molar-refractivity contribution >= 4 is 23.4 Å². The summed E-state index contributed by atoms with van der Waals surface area (Å²) in [4.78, 5) is 24.9. The highest BCUT2D eigenvalue weighted by Crippen LogP contribution is 2.45. The average molecular weight is 364 g/mol. The molecular weight excluding hydrogens is 346 g/mol. The Labute approximate surface area is 150 Å². The Morgan fingerprint density at radius 3 is 2.72 bits per heavy atom. The van der Waals surface area contributed by atoms with E-state index in [1.807, 2.05) is 0 Å². The topological polar surface area (TPSA) is 87.9 Å². The van der Waals surface area contributed by atoms with Crippen LogP contribution in [0.1, 0.15) is 30.7 Å². The van der Waals surface area contributed by atoms with Gasteiger partial charge in [0.1, 0.15) is 17.1 Å². The van der Waals surface area contributed by atoms with Gasteiger partial charge < -0.3 is 19.9 Å². The lowest BCUT2D eigenvalue weighted by atomic mass is 9.77. The molecule has 0 aromatic heterocycles. The number of rotatable bonds is 3. The number of Topliss-reactive ketones (excluding diaryl/α,β-unsaturated/α-hetero) is 1. The number of methoxy groups -OCH3 is 2. The Kier molecular flexibility index (Phi) is 4.72. The van der Waals surface area contributed by atoms with Crippen LogP contribution in [-0.4, -0.2) is 26.0 Å². The van der Waals surface area contributed by atoms with Gasteiger partial charge in [-0.2, -0.15) is 0 Å². The van der Waals surface area contributed by atoms with E-state index in [2.05, 4.69) is 0 Å². The third-order valence-electron chi connectivity index (χ3n) is 4.40. The highest BCUT2D eigenvalue weighted by atomic mass is 35.5. The zero-order valence-electron chi connectivity index (χ0n) is 13.9. The quantitative estimate of drug-likeness (QED) is 0.831. The summed E-state index contributed by atoms with van der Waals surface area (Å²) < 4.78 is 15.6. The van der Waals surface area contributed by atoms with Gasteiger partial charge >= 0.3 is 5.97 Å². The Hall–Kier alpha value is -2.47. The number of carbonyl (C=O) groups is 2. The molecular formula is C18H18ClNO5. The van der Waals surface area contributed by atoms with E-state index in [9.17, 15) is 9.59 Å². The minimum atomic E-state index is -0.674. The molecule has 0 spiro atoms. The van der Waals surface area contributed by atoms with Crippen molar-refractivity contribution < 1.29 is 23.8 Å². The normalized spacial score (nSPS) is 20.1. The second kappa shape index (κ2) is 6.80. The molecule has 2 aliphatic rings. The number of ketones is 1. The Morgan fingerprint density at radius 1 is 1.32 bits per heavy atom. The van der Waals surface area contributed by atoms with Crippen molar-refractivity contribution in [1.29, 1.82) is 0 Å². The molecule has 1 aliphatic heterocycles. The smallest absolute Gasteiger partial charge is 0.340 e. The fourth-order valence-electron chi connectivity index (χ4n) is 3.26. The van der Waals surface area contributed by atoms with Crippen LogP contribution in [0.3, 0.4) is 0 Å². The molecule has 0 bridgehead atoms. The lowest BCUT2D eigenvalue weighted by Gasteiger charge is -2.32. The molecule has 0 amide bonds. The summed E-state index contributed by atoms with van der Waals surface area (Å²) in [6.07, 6.45) is 1.68. The standard InChI is InChI=1S/C18H18ClNO5/c1-23-12-7-6-9(8-10(12)19)14-15-11(21)4-3-5-13(15)25-17(20)16(14)18(22)24-2/h6-8,14H,3-5,20H2,1-2H3/t14-/m1/s1. The van der Waals surface area contributed by atoms with Crippen molar-refractivity contribution in [2.45, 2.75) is 25.2 Å². The minimum Gasteiger partial charge on any atom is -0.495 e. The van der Waals surface area contributed by atoms with E-state index in [1.54, 1.807) is 18.2 Å². The van der Waals surface area contributed by atoms with Crippen LogP contribution in [0.2, 0.25) is 5.02 Å². The summed E-state index contributed by atoms with van der Waals surface area (Å²) in [6, 6.07) is 5.11. The van der Waals surface area contributed by atoms with Crippen LogP contribution in [0.4, 0.5) is 0 Å². The summed E-state index contributed by atoms with van der Waals surface area (Å²) in [6.45, 7) is 0. The first kappa shape index (κ1) is 17.4. The summed E-state index contributed by atoms with van der Waals surface area (Å²) in [5.74, 6) is -0.410. The van der Waals surface area contributed by atoms with E-state index in [4.69, 9.17) is 31.5 Å². The van der Waals surface area contributed by atoms with Crippen LogP contribution >= 0.6 is 11.6 Å². The molecule has 0 unspecified atom stereocenters. The summed E-state index contributed by atoms with van der Waals surface area (Å²) in [5.41, 5.74) is 7.19. The maximum Gasteiger partial charge on any atom is 0.340 e. The number of benzene rings is 1. The van der Waals surface area contributed by atoms with Gasteiger partial charge in [-0.1, -0.05) is 17.7 Å². The van der Waals surface area contributed by atoms with Gasteiger partial charge in [-0.05, 0) is 24.1 Å². The molecule has 1 aromatic carbocycles. The molecule has 0 saturated heterocycles. The van der Waals surface area contributed by atoms with Crippen LogP contribution in [-0.2, 0) is 19.1 Å². The highest BCUT2D eigenvalue weighted by molar-refractivity contribution is 6.32. The number of hydrogen-bond donors (Lipinski definition) is 1. The van der Waals surface area contributed by atoms with Crippen molar-refractivity contribution in [3.8, 4) is 5.75 Å². The van der Waals surface area contributed by atoms with E-state index in [0.29, 0.717) is 46.9 Å². The molecule has 7 heteroatoms. The predicted octanol–water partition coefficient (Wildman–Crippen LogP) is 2.81. The molecule has 0 radical (unpaired) electrons. The third kappa shape index (κ3) is 2.98. The van der Waals surface area contributed by atoms with Crippen molar-refractivity contribution in [2.75, 3.05) is 14.2 Å². The van der Waals surface area contributed by atoms with Gasteiger partial charge in [-0.15, -0.1) is 0 Å². The molecule has 1 aromatic rings. The van der Waals surface area contributed by atoms with Crippen molar-refractivity contribution in [3.63, 3.8) is 0 Å². The summed E-state index contributed by atoms with van der Waals surface area (Å²) >= 11 is 6.24. The first-order valence-corrected chi connectivity index (χ1v) is 8.21. The molecule has 2 N–H and O–H groups in total. The van der Waals surface area contributed by atoms with Crippen LogP contribution in [0.5, 0.6) is 5.75 Å². The van der Waals surface area contributed by atoms with Gasteiger partial charge in [0, 0.05) is 18.4 Å². The number of ether oxygens (including phenoxy) is 3. The van der Waals surface area contributed by atoms with Crippen LogP contribution < -0.4 is 10.5 Å². The molecule has 0 saturated carbocycles. The van der Waals surface area contributed by atoms with E-state index < -0.39 is 11.9 Å². The maximum absolute atomic E-state index is 12.6. The van der Waals surface area contributed by atoms with Crippen LogP contribution in [0.25, 0.3) is 0 Å². The number of hydrogen-bond acceptors (Lipinski definition) is 6. The maximum atomic E-state index is 12.6. The number of allylic oxidation sites excluding steroid dienone is 2. The lowest BCUT2D eigenvalue weighted by molar-refractivity contribution is -0.136. The molecule has 132 valence electrons. The van der Waals surface area contributed by atoms with Gasteiger partial charge in [0.25, 0.3) is 0 Å². The fourth-order valence-corrected chi connectivity index (χ4v) is 3.53. The van der Waals surface area contributed by atoms with Gasteiger partial charge in [0.2, 0.25) is 5.88 Å². The molecule has 25 heavy (non-hydrogen) atoms. The second-order valence-electron chi connectivity index (χ2n) is 5.81. The van der Waals surface area contributed by atoms with Crippen LogP contribution in [0, 0.1) is 0 Å². The van der Waals surface area contributed by atoms with Crippen LogP contribution in [0.15, 0.2) is 41.0 Å². The van der Waals surface area contributed by atoms with Crippen molar-refractivity contribution in [3.05, 3.63) is 51.6 Å². The van der Waals surface area contributed by atoms with Gasteiger partial charge in [-0.25, -0.2) is 4.79 Å². The first-order chi connectivity index (χ1) is 12.0. The minimum absolute atomic E-state index is 0.0442. The largest absolute Gasteiger partial charge is 0.495 e. The van der Waals surface area contributed by atoms with Crippen molar-refractivity contribution in [2.24, 2.45) is 5.73 Å². The monoisotopic (exact) mass is 363 g/mol. The van der Waals surface area contributed by atoms with Gasteiger partial charge in [0.15, 0.2) is 5.78 Å². The second-order valence-corrected chi connectivity index (χ2v) is 6.22. The Bertz CT molecular complexity index is 812. The highest BCUT2D eigenvalue weighted by Gasteiger charge is 2.41. The summed E-state index contributed by atoms with van der Waals surface area (Å²) in [5, 5.41) is 0.375. The first-order valence-electron chi connectivity index (χ1n) is 7.83. The van der Waals surface area contributed by atoms with E-state index >= 15 is 0 Å². The zero-order valence-corrected chi connectivity index (χ0v) is 14.7. The van der Waals surface area contributed by atoms with E-state index in [-0.39, 0.29) is 17.2 Å². The van der Waals surface area contributed by atoms with Crippen molar-refractivity contribution in [1.82, 2.24) is 0 Å². The Balaban J connectivity index is 2.19. The lowest BCUT2D eigenvalue weighted by Crippen LogP contribution is -2.31. The zero-order chi connectivity index (χ0) is 18.1. The molecule has 1 aliphatic carbocycles. The predicted molar refractivity (Wildman–Crippen MR) is 90.9 cm³/mol. The Morgan fingerprint density at radius 2 is 2.08 bits per heavy atom. The number of halogens is 1. The molecule has 3 rings (SSSR count). The molecule has 1 atom stereocenters. The van der Waals surface area contributed by atoms with E-state index in [0.717, 1.165) is 0 Å². The third-order valence-corrected chi connectivity index (χ3v) is 4.69.